The number of amides is 2. The van der Waals surface area contributed by atoms with Gasteiger partial charge < -0.3 is 25.0 Å². The number of pyridine rings is 1. The fraction of sp³-hybridized carbons (Fsp3) is 0.294. The number of hydrogen-bond acceptors (Lipinski definition) is 8. The predicted molar refractivity (Wildman–Crippen MR) is 179 cm³/mol. The van der Waals surface area contributed by atoms with Crippen LogP contribution in [0.3, 0.4) is 0 Å². The van der Waals surface area contributed by atoms with E-state index < -0.39 is 22.9 Å². The summed E-state index contributed by atoms with van der Waals surface area (Å²) in [6, 6.07) is 16.1. The zero-order chi connectivity index (χ0) is 33.5. The van der Waals surface area contributed by atoms with E-state index >= 15 is 4.39 Å². The molecular formula is C34H35FN6O5S. The molecule has 4 heterocycles. The van der Waals surface area contributed by atoms with E-state index in [1.807, 2.05) is 18.0 Å². The van der Waals surface area contributed by atoms with Crippen LogP contribution in [0.2, 0.25) is 0 Å². The average Bonchev–Trinajstić information content (AvgIpc) is 3.57. The molecule has 1 saturated heterocycles. The monoisotopic (exact) mass is 658 g/mol. The molecule has 0 radical (unpaired) electrons. The van der Waals surface area contributed by atoms with Crippen LogP contribution < -0.4 is 15.6 Å². The number of thiophene rings is 1. The highest BCUT2D eigenvalue weighted by Gasteiger charge is 2.27. The Labute approximate surface area is 274 Å². The SMILES string of the molecule is Cc1c(C(=O)Nc2ccc(Oc3ccnc4cc(C(=O)N5CCN(C)CC5)sc34)c(F)c2)c(=O)n(-c2ccccc2)n1CC(C)(C)O. The van der Waals surface area contributed by atoms with E-state index in [9.17, 15) is 19.5 Å². The van der Waals surface area contributed by atoms with Gasteiger partial charge in [-0.15, -0.1) is 11.3 Å². The fourth-order valence-corrected chi connectivity index (χ4v) is 6.57. The first-order valence-corrected chi connectivity index (χ1v) is 16.0. The lowest BCUT2D eigenvalue weighted by molar-refractivity contribution is 0.0545. The molecule has 1 aliphatic rings. The van der Waals surface area contributed by atoms with Gasteiger partial charge in [0.15, 0.2) is 11.6 Å². The predicted octanol–water partition coefficient (Wildman–Crippen LogP) is 4.90. The summed E-state index contributed by atoms with van der Waals surface area (Å²) in [4.78, 5) is 49.1. The van der Waals surface area contributed by atoms with E-state index in [-0.39, 0.29) is 29.5 Å². The van der Waals surface area contributed by atoms with Crippen LogP contribution in [0.15, 0.2) is 71.7 Å². The van der Waals surface area contributed by atoms with Gasteiger partial charge in [0.2, 0.25) is 0 Å². The lowest BCUT2D eigenvalue weighted by atomic mass is 10.1. The van der Waals surface area contributed by atoms with Gasteiger partial charge in [0.05, 0.1) is 38.6 Å². The summed E-state index contributed by atoms with van der Waals surface area (Å²) in [6.07, 6.45) is 1.54. The average molecular weight is 659 g/mol. The molecule has 2 aromatic carbocycles. The van der Waals surface area contributed by atoms with Gasteiger partial charge in [0.1, 0.15) is 11.3 Å². The molecule has 0 spiro atoms. The van der Waals surface area contributed by atoms with Crippen LogP contribution in [-0.4, -0.2) is 79.9 Å². The van der Waals surface area contributed by atoms with E-state index in [4.69, 9.17) is 4.74 Å². The van der Waals surface area contributed by atoms with Crippen molar-refractivity contribution >= 4 is 39.1 Å². The summed E-state index contributed by atoms with van der Waals surface area (Å²) < 4.78 is 24.9. The van der Waals surface area contributed by atoms with Crippen molar-refractivity contribution < 1.29 is 23.8 Å². The van der Waals surface area contributed by atoms with E-state index in [2.05, 4.69) is 15.2 Å². The van der Waals surface area contributed by atoms with E-state index in [0.29, 0.717) is 45.3 Å². The normalized spacial score (nSPS) is 14.0. The quantitative estimate of drug-likeness (QED) is 0.243. The van der Waals surface area contributed by atoms with Crippen LogP contribution in [0, 0.1) is 12.7 Å². The standard InChI is InChI=1S/C34H35FN6O5S/c1-21-29(33(44)41(23-8-6-5-7-9-23)40(21)20-34(2,3)45)31(42)37-22-10-11-26(24(35)18-22)46-27-12-13-36-25-19-28(47-30(25)27)32(43)39-16-14-38(4)15-17-39/h5-13,18-19,45H,14-17,20H2,1-4H3,(H,37,42). The number of nitrogens with one attached hydrogen (secondary N) is 1. The topological polar surface area (TPSA) is 122 Å². The van der Waals surface area contributed by atoms with E-state index in [1.54, 1.807) is 61.9 Å². The number of para-hydroxylation sites is 1. The molecule has 0 unspecified atom stereocenters. The minimum Gasteiger partial charge on any atom is -0.453 e. The van der Waals surface area contributed by atoms with Crippen LogP contribution in [-0.2, 0) is 6.54 Å². The van der Waals surface area contributed by atoms with Crippen molar-refractivity contribution in [1.29, 1.82) is 0 Å². The maximum Gasteiger partial charge on any atom is 0.284 e. The third kappa shape index (κ3) is 6.68. The van der Waals surface area contributed by atoms with Gasteiger partial charge in [-0.3, -0.25) is 24.0 Å². The summed E-state index contributed by atoms with van der Waals surface area (Å²) in [5.41, 5.74) is -0.301. The maximum absolute atomic E-state index is 15.4. The zero-order valence-electron chi connectivity index (χ0n) is 26.5. The highest BCUT2D eigenvalue weighted by atomic mass is 32.1. The number of likely N-dealkylation sites (N-methyl/N-ethyl adjacent to an activating group) is 1. The molecule has 0 saturated carbocycles. The zero-order valence-corrected chi connectivity index (χ0v) is 27.3. The number of aromatic nitrogens is 3. The number of halogens is 1. The molecule has 3 aromatic heterocycles. The van der Waals surface area contributed by atoms with Crippen molar-refractivity contribution in [3.05, 3.63) is 99.2 Å². The molecule has 13 heteroatoms. The van der Waals surface area contributed by atoms with Gasteiger partial charge in [-0.25, -0.2) is 9.07 Å². The number of anilines is 1. The molecule has 0 aliphatic carbocycles. The molecule has 5 aromatic rings. The number of ether oxygens (including phenoxy) is 1. The minimum atomic E-state index is -1.18. The first-order chi connectivity index (χ1) is 22.4. The molecule has 1 aliphatic heterocycles. The number of rotatable bonds is 8. The van der Waals surface area contributed by atoms with Gasteiger partial charge in [-0.05, 0) is 58.2 Å². The van der Waals surface area contributed by atoms with Crippen molar-refractivity contribution in [3.63, 3.8) is 0 Å². The largest absolute Gasteiger partial charge is 0.453 e. The molecule has 0 atom stereocenters. The number of fused-ring (bicyclic) bond motifs is 1. The lowest BCUT2D eigenvalue weighted by Crippen LogP contribution is -2.46. The molecule has 2 N–H and O–H groups in total. The minimum absolute atomic E-state index is 0.0505. The number of hydrogen-bond donors (Lipinski definition) is 2. The van der Waals surface area contributed by atoms with Gasteiger partial charge in [0.25, 0.3) is 17.4 Å². The van der Waals surface area contributed by atoms with Crippen LogP contribution in [0.25, 0.3) is 15.9 Å². The number of benzene rings is 2. The van der Waals surface area contributed by atoms with Crippen LogP contribution in [0.4, 0.5) is 10.1 Å². The molecular weight excluding hydrogens is 623 g/mol. The summed E-state index contributed by atoms with van der Waals surface area (Å²) in [5.74, 6) is -1.27. The van der Waals surface area contributed by atoms with Crippen molar-refractivity contribution in [2.75, 3.05) is 38.5 Å². The summed E-state index contributed by atoms with van der Waals surface area (Å²) >= 11 is 1.25. The van der Waals surface area contributed by atoms with Crippen molar-refractivity contribution in [2.24, 2.45) is 0 Å². The number of carbonyl (C=O) groups is 2. The second kappa shape index (κ2) is 12.7. The fourth-order valence-electron chi connectivity index (χ4n) is 5.53. The summed E-state index contributed by atoms with van der Waals surface area (Å²) in [7, 11) is 2.02. The van der Waals surface area contributed by atoms with E-state index in [0.717, 1.165) is 19.2 Å². The first kappa shape index (κ1) is 32.1. The van der Waals surface area contributed by atoms with Crippen LogP contribution in [0.1, 0.15) is 39.6 Å². The molecule has 0 bridgehead atoms. The Hall–Kier alpha value is -4.85. The van der Waals surface area contributed by atoms with Crippen molar-refractivity contribution in [1.82, 2.24) is 24.1 Å². The maximum atomic E-state index is 15.4. The molecule has 6 rings (SSSR count). The van der Waals surface area contributed by atoms with Crippen LogP contribution in [0.5, 0.6) is 11.5 Å². The second-order valence-electron chi connectivity index (χ2n) is 12.2. The molecule has 2 amide bonds. The Bertz CT molecular complexity index is 2020. The molecule has 11 nitrogen and oxygen atoms in total. The Balaban J connectivity index is 1.23. The van der Waals surface area contributed by atoms with Crippen LogP contribution >= 0.6 is 11.3 Å². The van der Waals surface area contributed by atoms with Gasteiger partial charge in [-0.1, -0.05) is 18.2 Å². The number of carbonyl (C=O) groups excluding carboxylic acids is 2. The van der Waals surface area contributed by atoms with Gasteiger partial charge in [-0.2, -0.15) is 0 Å². The Morgan fingerprint density at radius 3 is 2.45 bits per heavy atom. The van der Waals surface area contributed by atoms with Crippen molar-refractivity contribution in [3.8, 4) is 17.2 Å². The third-order valence-electron chi connectivity index (χ3n) is 7.95. The summed E-state index contributed by atoms with van der Waals surface area (Å²) in [6.45, 7) is 7.80. The third-order valence-corrected chi connectivity index (χ3v) is 9.07. The number of piperazine rings is 1. The molecule has 1 fully saturated rings. The van der Waals surface area contributed by atoms with Gasteiger partial charge >= 0.3 is 0 Å². The highest BCUT2D eigenvalue weighted by molar-refractivity contribution is 7.21. The number of aliphatic hydroxyl groups is 1. The summed E-state index contributed by atoms with van der Waals surface area (Å²) in [5, 5.41) is 13.2. The molecule has 244 valence electrons. The van der Waals surface area contributed by atoms with Crippen molar-refractivity contribution in [2.45, 2.75) is 32.9 Å². The Morgan fingerprint density at radius 2 is 1.77 bits per heavy atom. The van der Waals surface area contributed by atoms with Gasteiger partial charge in [0, 0.05) is 50.2 Å². The first-order valence-electron chi connectivity index (χ1n) is 15.1. The van der Waals surface area contributed by atoms with E-state index in [1.165, 1.54) is 34.3 Å². The Kier molecular flexibility index (Phi) is 8.70. The second-order valence-corrected chi connectivity index (χ2v) is 13.3. The Morgan fingerprint density at radius 1 is 1.04 bits per heavy atom. The molecule has 47 heavy (non-hydrogen) atoms. The highest BCUT2D eigenvalue weighted by Crippen LogP contribution is 2.36. The lowest BCUT2D eigenvalue weighted by Gasteiger charge is -2.32. The smallest absolute Gasteiger partial charge is 0.284 e. The number of nitrogens with zero attached hydrogens (tertiary/aromatic N) is 5.